The van der Waals surface area contributed by atoms with E-state index in [0.29, 0.717) is 24.7 Å². The Morgan fingerprint density at radius 1 is 1.32 bits per heavy atom. The van der Waals surface area contributed by atoms with Crippen molar-refractivity contribution < 1.29 is 13.4 Å². The van der Waals surface area contributed by atoms with E-state index in [1.807, 2.05) is 12.1 Å². The maximum atomic E-state index is 11.8. The van der Waals surface area contributed by atoms with Gasteiger partial charge in [0.05, 0.1) is 12.3 Å². The van der Waals surface area contributed by atoms with Crippen LogP contribution in [0.1, 0.15) is 38.7 Å². The Bertz CT molecular complexity index is 396. The average molecular weight is 287 g/mol. The first kappa shape index (κ1) is 16.4. The maximum absolute atomic E-state index is 11.8. The van der Waals surface area contributed by atoms with Gasteiger partial charge in [0.15, 0.2) is 0 Å². The zero-order valence-electron chi connectivity index (χ0n) is 12.3. The smallest absolute Gasteiger partial charge is 0.118 e. The first-order valence-corrected chi connectivity index (χ1v) is 8.06. The Balaban J connectivity index is 2.36. The Morgan fingerprint density at radius 2 is 2.00 bits per heavy atom. The highest BCUT2D eigenvalue weighted by atomic mass is 32.2. The molecule has 0 aliphatic rings. The van der Waals surface area contributed by atoms with Crippen LogP contribution in [0.3, 0.4) is 0 Å². The van der Waals surface area contributed by atoms with E-state index in [2.05, 4.69) is 26.1 Å². The molecule has 5 heteroatoms. The maximum Gasteiger partial charge on any atom is 0.118 e. The Morgan fingerprint density at radius 3 is 2.63 bits per heavy atom. The number of furan rings is 1. The van der Waals surface area contributed by atoms with Gasteiger partial charge in [-0.3, -0.25) is 4.21 Å². The minimum Gasteiger partial charge on any atom is -0.464 e. The van der Waals surface area contributed by atoms with Crippen molar-refractivity contribution >= 4 is 10.8 Å². The van der Waals surface area contributed by atoms with E-state index in [1.54, 1.807) is 7.11 Å². The third-order valence-corrected chi connectivity index (χ3v) is 3.88. The van der Waals surface area contributed by atoms with Gasteiger partial charge in [0, 0.05) is 35.8 Å². The molecular weight excluding hydrogens is 262 g/mol. The molecule has 4 nitrogen and oxygen atoms in total. The summed E-state index contributed by atoms with van der Waals surface area (Å²) in [4.78, 5) is 0. The number of rotatable bonds is 8. The zero-order valence-corrected chi connectivity index (χ0v) is 13.1. The molecule has 0 fully saturated rings. The lowest BCUT2D eigenvalue weighted by molar-refractivity contribution is 0.200. The monoisotopic (exact) mass is 287 g/mol. The SMILES string of the molecule is COCCCS(=O)Cc1ccc(CNC(C)(C)C)o1. The molecule has 0 amide bonds. The summed E-state index contributed by atoms with van der Waals surface area (Å²) in [5.74, 6) is 2.82. The average Bonchev–Trinajstić information content (AvgIpc) is 2.73. The summed E-state index contributed by atoms with van der Waals surface area (Å²) < 4.78 is 22.4. The Kier molecular flexibility index (Phi) is 6.75. The molecule has 0 saturated carbocycles. The van der Waals surface area contributed by atoms with Crippen LogP contribution in [-0.2, 0) is 27.8 Å². The molecular formula is C14H25NO3S. The predicted molar refractivity (Wildman–Crippen MR) is 78.5 cm³/mol. The molecule has 0 bridgehead atoms. The van der Waals surface area contributed by atoms with Crippen LogP contribution in [-0.4, -0.2) is 29.2 Å². The lowest BCUT2D eigenvalue weighted by Crippen LogP contribution is -2.34. The molecule has 1 atom stereocenters. The second kappa shape index (κ2) is 7.82. The summed E-state index contributed by atoms with van der Waals surface area (Å²) in [6.45, 7) is 7.69. The highest BCUT2D eigenvalue weighted by Crippen LogP contribution is 2.12. The van der Waals surface area contributed by atoms with Crippen molar-refractivity contribution in [2.75, 3.05) is 19.5 Å². The Labute approximate surface area is 118 Å². The van der Waals surface area contributed by atoms with Gasteiger partial charge in [0.2, 0.25) is 0 Å². The first-order chi connectivity index (χ1) is 8.90. The van der Waals surface area contributed by atoms with E-state index in [9.17, 15) is 4.21 Å². The van der Waals surface area contributed by atoms with Crippen LogP contribution < -0.4 is 5.32 Å². The van der Waals surface area contributed by atoms with Crippen LogP contribution >= 0.6 is 0 Å². The minimum atomic E-state index is -0.874. The van der Waals surface area contributed by atoms with Crippen molar-refractivity contribution in [2.45, 2.75) is 45.0 Å². The minimum absolute atomic E-state index is 0.0654. The normalized spacial score (nSPS) is 13.7. The van der Waals surface area contributed by atoms with E-state index in [-0.39, 0.29) is 5.54 Å². The first-order valence-electron chi connectivity index (χ1n) is 6.57. The quantitative estimate of drug-likeness (QED) is 0.746. The molecule has 0 aliphatic carbocycles. The molecule has 0 saturated heterocycles. The summed E-state index contributed by atoms with van der Waals surface area (Å²) in [5, 5.41) is 3.36. The van der Waals surface area contributed by atoms with Crippen molar-refractivity contribution in [1.82, 2.24) is 5.32 Å². The van der Waals surface area contributed by atoms with Crippen LogP contribution in [0.2, 0.25) is 0 Å². The summed E-state index contributed by atoms with van der Waals surface area (Å²) in [6, 6.07) is 3.86. The summed E-state index contributed by atoms with van der Waals surface area (Å²) in [6.07, 6.45) is 0.822. The Hall–Kier alpha value is -0.650. The van der Waals surface area contributed by atoms with Gasteiger partial charge in [-0.15, -0.1) is 0 Å². The van der Waals surface area contributed by atoms with Crippen molar-refractivity contribution in [1.29, 1.82) is 0 Å². The summed E-state index contributed by atoms with van der Waals surface area (Å²) in [7, 11) is 0.782. The molecule has 0 aromatic carbocycles. The van der Waals surface area contributed by atoms with Gasteiger partial charge < -0.3 is 14.5 Å². The lowest BCUT2D eigenvalue weighted by Gasteiger charge is -2.19. The lowest BCUT2D eigenvalue weighted by atomic mass is 10.1. The van der Waals surface area contributed by atoms with Gasteiger partial charge in [-0.2, -0.15) is 0 Å². The van der Waals surface area contributed by atoms with Crippen LogP contribution in [0.25, 0.3) is 0 Å². The fourth-order valence-electron chi connectivity index (χ4n) is 1.54. The van der Waals surface area contributed by atoms with Crippen LogP contribution in [0.4, 0.5) is 0 Å². The van der Waals surface area contributed by atoms with E-state index >= 15 is 0 Å². The van der Waals surface area contributed by atoms with E-state index in [4.69, 9.17) is 9.15 Å². The van der Waals surface area contributed by atoms with E-state index in [1.165, 1.54) is 0 Å². The topological polar surface area (TPSA) is 51.5 Å². The standard InChI is InChI=1S/C14H25NO3S/c1-14(2,3)15-10-12-6-7-13(18-12)11-19(16)9-5-8-17-4/h6-7,15H,5,8-11H2,1-4H3. The number of nitrogens with one attached hydrogen (secondary N) is 1. The molecule has 1 N–H and O–H groups in total. The van der Waals surface area contributed by atoms with Crippen LogP contribution in [0.15, 0.2) is 16.5 Å². The van der Waals surface area contributed by atoms with Crippen molar-refractivity contribution in [3.8, 4) is 0 Å². The number of methoxy groups -OCH3 is 1. The molecule has 19 heavy (non-hydrogen) atoms. The number of ether oxygens (including phenoxy) is 1. The molecule has 1 unspecified atom stereocenters. The van der Waals surface area contributed by atoms with Crippen molar-refractivity contribution in [3.63, 3.8) is 0 Å². The summed E-state index contributed by atoms with van der Waals surface area (Å²) >= 11 is 0. The van der Waals surface area contributed by atoms with Crippen molar-refractivity contribution in [2.24, 2.45) is 0 Å². The van der Waals surface area contributed by atoms with Gasteiger partial charge in [-0.05, 0) is 39.3 Å². The molecule has 0 spiro atoms. The van der Waals surface area contributed by atoms with Gasteiger partial charge in [-0.1, -0.05) is 0 Å². The molecule has 0 aliphatic heterocycles. The van der Waals surface area contributed by atoms with Gasteiger partial charge in [-0.25, -0.2) is 0 Å². The number of hydrogen-bond donors (Lipinski definition) is 1. The molecule has 110 valence electrons. The number of hydrogen-bond acceptors (Lipinski definition) is 4. The zero-order chi connectivity index (χ0) is 14.3. The second-order valence-corrected chi connectivity index (χ2v) is 7.18. The third kappa shape index (κ3) is 7.50. The van der Waals surface area contributed by atoms with Crippen LogP contribution in [0.5, 0.6) is 0 Å². The molecule has 1 rings (SSSR count). The third-order valence-electron chi connectivity index (χ3n) is 2.53. The molecule has 0 radical (unpaired) electrons. The summed E-state index contributed by atoms with van der Waals surface area (Å²) in [5.41, 5.74) is 0.0654. The fourth-order valence-corrected chi connectivity index (χ4v) is 2.60. The van der Waals surface area contributed by atoms with Gasteiger partial charge >= 0.3 is 0 Å². The fraction of sp³-hybridized carbons (Fsp3) is 0.714. The highest BCUT2D eigenvalue weighted by Gasteiger charge is 2.11. The van der Waals surface area contributed by atoms with E-state index in [0.717, 1.165) is 17.9 Å². The van der Waals surface area contributed by atoms with E-state index < -0.39 is 10.8 Å². The largest absolute Gasteiger partial charge is 0.464 e. The highest BCUT2D eigenvalue weighted by molar-refractivity contribution is 7.84. The molecule has 1 heterocycles. The molecule has 1 aromatic rings. The van der Waals surface area contributed by atoms with Gasteiger partial charge in [0.1, 0.15) is 11.5 Å². The van der Waals surface area contributed by atoms with Crippen LogP contribution in [0, 0.1) is 0 Å². The van der Waals surface area contributed by atoms with Gasteiger partial charge in [0.25, 0.3) is 0 Å². The predicted octanol–water partition coefficient (Wildman–Crippen LogP) is 2.45. The molecule has 1 aromatic heterocycles. The van der Waals surface area contributed by atoms with Crippen molar-refractivity contribution in [3.05, 3.63) is 23.7 Å². The second-order valence-electron chi connectivity index (χ2n) is 5.61.